The summed E-state index contributed by atoms with van der Waals surface area (Å²) in [6.45, 7) is 4.92. The van der Waals surface area contributed by atoms with Crippen LogP contribution in [-0.2, 0) is 4.74 Å². The van der Waals surface area contributed by atoms with E-state index in [1.54, 1.807) is 6.33 Å². The Morgan fingerprint density at radius 2 is 1.89 bits per heavy atom. The van der Waals surface area contributed by atoms with Crippen molar-refractivity contribution >= 4 is 11.6 Å². The van der Waals surface area contributed by atoms with Crippen LogP contribution in [0.15, 0.2) is 12.4 Å². The van der Waals surface area contributed by atoms with Crippen molar-refractivity contribution < 1.29 is 9.84 Å². The Hall–Kier alpha value is -1.40. The van der Waals surface area contributed by atoms with Gasteiger partial charge in [-0.2, -0.15) is 0 Å². The van der Waals surface area contributed by atoms with Gasteiger partial charge in [0.05, 0.1) is 13.2 Å². The Morgan fingerprint density at radius 3 is 2.56 bits per heavy atom. The van der Waals surface area contributed by atoms with Crippen molar-refractivity contribution in [2.24, 2.45) is 0 Å². The summed E-state index contributed by atoms with van der Waals surface area (Å²) in [6.07, 6.45) is 3.49. The molecule has 0 saturated carbocycles. The topological polar surface area (TPSA) is 79.3 Å². The van der Waals surface area contributed by atoms with Crippen molar-refractivity contribution in [1.29, 1.82) is 0 Å². The highest BCUT2D eigenvalue weighted by molar-refractivity contribution is 5.46. The van der Waals surface area contributed by atoms with Gasteiger partial charge in [0.15, 0.2) is 0 Å². The number of anilines is 2. The van der Waals surface area contributed by atoms with Crippen LogP contribution in [0.4, 0.5) is 11.6 Å². The van der Waals surface area contributed by atoms with Crippen LogP contribution in [0.5, 0.6) is 0 Å². The van der Waals surface area contributed by atoms with E-state index in [0.717, 1.165) is 37.6 Å². The minimum absolute atomic E-state index is 0.0752. The molecule has 18 heavy (non-hydrogen) atoms. The molecule has 6 heteroatoms. The van der Waals surface area contributed by atoms with Gasteiger partial charge in [-0.3, -0.25) is 0 Å². The van der Waals surface area contributed by atoms with Gasteiger partial charge in [-0.1, -0.05) is 6.92 Å². The smallest absolute Gasteiger partial charge is 0.131 e. The van der Waals surface area contributed by atoms with Crippen molar-refractivity contribution in [3.05, 3.63) is 12.4 Å². The summed E-state index contributed by atoms with van der Waals surface area (Å²) in [6, 6.07) is 1.89. The van der Waals surface area contributed by atoms with Crippen molar-refractivity contribution in [2.45, 2.75) is 19.8 Å². The Bertz CT molecular complexity index is 323. The second-order valence-corrected chi connectivity index (χ2v) is 3.83. The summed E-state index contributed by atoms with van der Waals surface area (Å²) < 4.78 is 5.16. The van der Waals surface area contributed by atoms with Crippen LogP contribution >= 0.6 is 0 Å². The lowest BCUT2D eigenvalue weighted by Crippen LogP contribution is -2.09. The molecule has 0 aliphatic rings. The number of ether oxygens (including phenoxy) is 1. The van der Waals surface area contributed by atoms with Crippen molar-refractivity contribution in [1.82, 2.24) is 9.97 Å². The molecule has 0 aromatic carbocycles. The van der Waals surface area contributed by atoms with Crippen LogP contribution in [0.1, 0.15) is 19.8 Å². The highest BCUT2D eigenvalue weighted by atomic mass is 16.5. The summed E-state index contributed by atoms with van der Waals surface area (Å²) in [5.74, 6) is 1.65. The molecule has 1 aromatic rings. The van der Waals surface area contributed by atoms with Gasteiger partial charge in [0.1, 0.15) is 18.0 Å². The summed E-state index contributed by atoms with van der Waals surface area (Å²) in [4.78, 5) is 8.27. The van der Waals surface area contributed by atoms with Gasteiger partial charge >= 0.3 is 0 Å². The molecule has 0 fully saturated rings. The summed E-state index contributed by atoms with van der Waals surface area (Å²) in [7, 11) is 0. The van der Waals surface area contributed by atoms with Crippen LogP contribution in [0.25, 0.3) is 0 Å². The maximum absolute atomic E-state index is 8.54. The molecular weight excluding hydrogens is 232 g/mol. The van der Waals surface area contributed by atoms with Gasteiger partial charge in [0.25, 0.3) is 0 Å². The number of hydrogen-bond donors (Lipinski definition) is 3. The molecule has 0 aliphatic carbocycles. The lowest BCUT2D eigenvalue weighted by atomic mass is 10.4. The molecule has 0 radical (unpaired) electrons. The number of hydrogen-bond acceptors (Lipinski definition) is 6. The van der Waals surface area contributed by atoms with E-state index in [-0.39, 0.29) is 6.61 Å². The largest absolute Gasteiger partial charge is 0.394 e. The maximum atomic E-state index is 8.54. The zero-order valence-corrected chi connectivity index (χ0v) is 10.9. The molecule has 0 aliphatic heterocycles. The molecular formula is C12H22N4O2. The lowest BCUT2D eigenvalue weighted by molar-refractivity contribution is 0.0922. The molecule has 0 spiro atoms. The average molecular weight is 254 g/mol. The third-order valence-corrected chi connectivity index (χ3v) is 2.23. The lowest BCUT2D eigenvalue weighted by Gasteiger charge is -2.08. The fraction of sp³-hybridized carbons (Fsp3) is 0.667. The normalized spacial score (nSPS) is 10.3. The molecule has 1 rings (SSSR count). The standard InChI is InChI=1S/C12H22N4O2/c1-2-4-13-11-9-12(16-10-15-11)14-5-3-7-18-8-6-17/h9-10,17H,2-8H2,1H3,(H2,13,14,15,16). The third-order valence-electron chi connectivity index (χ3n) is 2.23. The van der Waals surface area contributed by atoms with E-state index in [4.69, 9.17) is 9.84 Å². The van der Waals surface area contributed by atoms with Crippen LogP contribution in [-0.4, -0.2) is 48.0 Å². The molecule has 0 atom stereocenters. The van der Waals surface area contributed by atoms with Gasteiger partial charge < -0.3 is 20.5 Å². The van der Waals surface area contributed by atoms with Crippen LogP contribution < -0.4 is 10.6 Å². The van der Waals surface area contributed by atoms with Crippen LogP contribution in [0.3, 0.4) is 0 Å². The van der Waals surface area contributed by atoms with Gasteiger partial charge in [-0.25, -0.2) is 9.97 Å². The quantitative estimate of drug-likeness (QED) is 0.543. The molecule has 6 nitrogen and oxygen atoms in total. The third kappa shape index (κ3) is 6.36. The van der Waals surface area contributed by atoms with E-state index < -0.39 is 0 Å². The van der Waals surface area contributed by atoms with Crippen molar-refractivity contribution in [3.63, 3.8) is 0 Å². The SMILES string of the molecule is CCCNc1cc(NCCCOCCO)ncn1. The van der Waals surface area contributed by atoms with Gasteiger partial charge in [-0.05, 0) is 12.8 Å². The summed E-state index contributed by atoms with van der Waals surface area (Å²) in [5, 5.41) is 15.0. The molecule has 102 valence electrons. The second-order valence-electron chi connectivity index (χ2n) is 3.83. The highest BCUT2D eigenvalue weighted by Crippen LogP contribution is 2.08. The zero-order chi connectivity index (χ0) is 13.1. The Morgan fingerprint density at radius 1 is 1.17 bits per heavy atom. The minimum Gasteiger partial charge on any atom is -0.394 e. The molecule has 0 saturated heterocycles. The van der Waals surface area contributed by atoms with E-state index in [2.05, 4.69) is 27.5 Å². The van der Waals surface area contributed by atoms with Crippen LogP contribution in [0, 0.1) is 0 Å². The van der Waals surface area contributed by atoms with Crippen LogP contribution in [0.2, 0.25) is 0 Å². The Balaban J connectivity index is 2.20. The number of nitrogens with one attached hydrogen (secondary N) is 2. The van der Waals surface area contributed by atoms with E-state index in [9.17, 15) is 0 Å². The van der Waals surface area contributed by atoms with Gasteiger partial charge in [-0.15, -0.1) is 0 Å². The molecule has 3 N–H and O–H groups in total. The number of aliphatic hydroxyl groups is 1. The monoisotopic (exact) mass is 254 g/mol. The molecule has 0 amide bonds. The first-order valence-corrected chi connectivity index (χ1v) is 6.35. The van der Waals surface area contributed by atoms with E-state index in [1.165, 1.54) is 0 Å². The molecule has 0 unspecified atom stereocenters. The maximum Gasteiger partial charge on any atom is 0.131 e. The first kappa shape index (κ1) is 14.7. The predicted molar refractivity (Wildman–Crippen MR) is 71.8 cm³/mol. The fourth-order valence-electron chi connectivity index (χ4n) is 1.36. The first-order chi connectivity index (χ1) is 8.86. The minimum atomic E-state index is 0.0752. The molecule has 1 heterocycles. The van der Waals surface area contributed by atoms with E-state index >= 15 is 0 Å². The van der Waals surface area contributed by atoms with Gasteiger partial charge in [0, 0.05) is 25.8 Å². The number of aliphatic hydroxyl groups excluding tert-OH is 1. The zero-order valence-electron chi connectivity index (χ0n) is 10.9. The predicted octanol–water partition coefficient (Wildman–Crippen LogP) is 1.11. The number of aromatic nitrogens is 2. The highest BCUT2D eigenvalue weighted by Gasteiger charge is 1.97. The van der Waals surface area contributed by atoms with E-state index in [0.29, 0.717) is 13.2 Å². The molecule has 1 aromatic heterocycles. The number of rotatable bonds is 10. The summed E-state index contributed by atoms with van der Waals surface area (Å²) >= 11 is 0. The first-order valence-electron chi connectivity index (χ1n) is 6.35. The van der Waals surface area contributed by atoms with E-state index in [1.807, 2.05) is 6.07 Å². The summed E-state index contributed by atoms with van der Waals surface area (Å²) in [5.41, 5.74) is 0. The number of nitrogens with zero attached hydrogens (tertiary/aromatic N) is 2. The molecule has 0 bridgehead atoms. The van der Waals surface area contributed by atoms with Gasteiger partial charge in [0.2, 0.25) is 0 Å². The van der Waals surface area contributed by atoms with Crippen molar-refractivity contribution in [2.75, 3.05) is 43.5 Å². The van der Waals surface area contributed by atoms with Crippen molar-refractivity contribution in [3.8, 4) is 0 Å². The fourth-order valence-corrected chi connectivity index (χ4v) is 1.36. The average Bonchev–Trinajstić information content (AvgIpc) is 2.41. The Kier molecular flexibility index (Phi) is 7.83. The Labute approximate surface area is 108 Å². The second kappa shape index (κ2) is 9.61.